The van der Waals surface area contributed by atoms with Crippen LogP contribution in [-0.2, 0) is 0 Å². The van der Waals surface area contributed by atoms with Crippen molar-refractivity contribution in [3.63, 3.8) is 0 Å². The molecule has 13 rings (SSSR count). The highest BCUT2D eigenvalue weighted by molar-refractivity contribution is 6.22. The molecule has 5 nitrogen and oxygen atoms in total. The van der Waals surface area contributed by atoms with E-state index in [1.165, 1.54) is 48.9 Å². The van der Waals surface area contributed by atoms with Crippen molar-refractivity contribution in [3.8, 4) is 39.9 Å². The number of nitrogens with zero attached hydrogens (tertiary/aromatic N) is 4. The number of allylic oxidation sites excluding steroid dienone is 4. The van der Waals surface area contributed by atoms with Crippen LogP contribution in [0.2, 0.25) is 0 Å². The van der Waals surface area contributed by atoms with Gasteiger partial charge in [-0.2, -0.15) is 0 Å². The maximum Gasteiger partial charge on any atom is 0.164 e. The summed E-state index contributed by atoms with van der Waals surface area (Å²) < 4.78 is 9.15. The van der Waals surface area contributed by atoms with Gasteiger partial charge in [0.05, 0.1) is 11.0 Å². The van der Waals surface area contributed by atoms with Crippen LogP contribution in [-0.4, -0.2) is 19.5 Å². The van der Waals surface area contributed by atoms with E-state index in [0.29, 0.717) is 17.5 Å². The van der Waals surface area contributed by atoms with E-state index in [1.54, 1.807) is 0 Å². The smallest absolute Gasteiger partial charge is 0.164 e. The van der Waals surface area contributed by atoms with Crippen molar-refractivity contribution >= 4 is 76.1 Å². The van der Waals surface area contributed by atoms with E-state index >= 15 is 0 Å². The van der Waals surface area contributed by atoms with Gasteiger partial charge in [0.1, 0.15) is 11.2 Å². The minimum Gasteiger partial charge on any atom is -0.456 e. The second kappa shape index (κ2) is 13.7. The van der Waals surface area contributed by atoms with Crippen LogP contribution in [0, 0.1) is 0 Å². The summed E-state index contributed by atoms with van der Waals surface area (Å²) in [4.78, 5) is 15.4. The highest BCUT2D eigenvalue weighted by Gasteiger charge is 2.21. The van der Waals surface area contributed by atoms with Crippen molar-refractivity contribution in [2.24, 2.45) is 0 Å². The molecule has 0 fully saturated rings. The zero-order chi connectivity index (χ0) is 40.7. The number of hydrogen-bond acceptors (Lipinski definition) is 4. The number of fused-ring (bicyclic) bond motifs is 11. The summed E-state index contributed by atoms with van der Waals surface area (Å²) in [6.45, 7) is 0. The number of hydrogen-bond donors (Lipinski definition) is 0. The maximum atomic E-state index is 6.73. The fourth-order valence-corrected chi connectivity index (χ4v) is 9.78. The third kappa shape index (κ3) is 5.45. The van der Waals surface area contributed by atoms with Gasteiger partial charge in [-0.1, -0.05) is 158 Å². The van der Waals surface area contributed by atoms with E-state index in [9.17, 15) is 0 Å². The fourth-order valence-electron chi connectivity index (χ4n) is 9.78. The zero-order valence-corrected chi connectivity index (χ0v) is 33.5. The minimum atomic E-state index is 0.253. The van der Waals surface area contributed by atoms with Gasteiger partial charge in [-0.05, 0) is 75.3 Å². The molecule has 0 saturated heterocycles. The summed E-state index contributed by atoms with van der Waals surface area (Å²) in [5.41, 5.74) is 9.24. The van der Waals surface area contributed by atoms with Crippen LogP contribution in [0.3, 0.4) is 0 Å². The lowest BCUT2D eigenvalue weighted by atomic mass is 9.89. The molecule has 290 valence electrons. The van der Waals surface area contributed by atoms with Gasteiger partial charge in [0.25, 0.3) is 0 Å². The largest absolute Gasteiger partial charge is 0.456 e. The summed E-state index contributed by atoms with van der Waals surface area (Å²) >= 11 is 0. The van der Waals surface area contributed by atoms with Crippen molar-refractivity contribution in [2.45, 2.75) is 12.3 Å². The number of benzene rings is 9. The summed E-state index contributed by atoms with van der Waals surface area (Å²) in [5.74, 6) is 2.21. The average molecular weight is 793 g/mol. The molecule has 0 amide bonds. The number of furan rings is 1. The third-order valence-corrected chi connectivity index (χ3v) is 12.7. The van der Waals surface area contributed by atoms with Crippen molar-refractivity contribution in [1.82, 2.24) is 19.5 Å². The Morgan fingerprint density at radius 1 is 0.468 bits per heavy atom. The molecule has 0 aliphatic heterocycles. The van der Waals surface area contributed by atoms with Crippen LogP contribution in [0.25, 0.3) is 116 Å². The molecule has 0 radical (unpaired) electrons. The van der Waals surface area contributed by atoms with E-state index < -0.39 is 0 Å². The lowest BCUT2D eigenvalue weighted by Crippen LogP contribution is -2.04. The van der Waals surface area contributed by atoms with Gasteiger partial charge in [0.2, 0.25) is 0 Å². The Hall–Kier alpha value is -8.15. The van der Waals surface area contributed by atoms with E-state index in [-0.39, 0.29) is 5.92 Å². The number of aromatic nitrogens is 4. The Labute approximate surface area is 356 Å². The molecule has 1 aliphatic rings. The van der Waals surface area contributed by atoms with E-state index in [0.717, 1.165) is 61.5 Å². The first-order valence-electron chi connectivity index (χ1n) is 21.2. The zero-order valence-electron chi connectivity index (χ0n) is 33.5. The molecule has 3 aromatic heterocycles. The van der Waals surface area contributed by atoms with Gasteiger partial charge >= 0.3 is 0 Å². The SMILES string of the molecule is C1=CCC(c2ccccc2-c2nc(-c3ccccc3)nc(-c3ccc4c(ccc5oc6cc(-n7c8cc9ccccc9cc8c8ccc9ccccc9c87)ccc6c54)c3)n2)C=C1. The van der Waals surface area contributed by atoms with Crippen LogP contribution < -0.4 is 0 Å². The maximum absolute atomic E-state index is 6.73. The highest BCUT2D eigenvalue weighted by Crippen LogP contribution is 2.42. The molecular weight excluding hydrogens is 757 g/mol. The predicted molar refractivity (Wildman–Crippen MR) is 256 cm³/mol. The van der Waals surface area contributed by atoms with Gasteiger partial charge in [0, 0.05) is 61.3 Å². The van der Waals surface area contributed by atoms with Crippen molar-refractivity contribution in [3.05, 3.63) is 206 Å². The minimum absolute atomic E-state index is 0.253. The van der Waals surface area contributed by atoms with Gasteiger partial charge in [-0.15, -0.1) is 0 Å². The third-order valence-electron chi connectivity index (χ3n) is 12.7. The van der Waals surface area contributed by atoms with Gasteiger partial charge < -0.3 is 8.98 Å². The Balaban J connectivity index is 0.965. The Morgan fingerprint density at radius 3 is 2.06 bits per heavy atom. The quantitative estimate of drug-likeness (QED) is 0.174. The molecule has 1 aliphatic carbocycles. The molecule has 62 heavy (non-hydrogen) atoms. The van der Waals surface area contributed by atoms with Crippen LogP contribution >= 0.6 is 0 Å². The standard InChI is InChI=1S/C57H36N4O/c1-3-13-35(14-4-1)43-20-11-12-22-47(43)57-59-55(37-16-5-2-6-17-37)58-56(60-57)41-24-27-44-40(31-41)25-30-51-53(44)48-29-26-42(34-52(48)62-51)61-50-33-39-19-8-7-18-38(39)32-49(50)46-28-23-36-15-9-10-21-45(36)54(46)61/h1-13,15-35H,14H2. The van der Waals surface area contributed by atoms with Crippen molar-refractivity contribution < 1.29 is 4.42 Å². The van der Waals surface area contributed by atoms with E-state index in [4.69, 9.17) is 19.4 Å². The first kappa shape index (κ1) is 34.7. The second-order valence-corrected chi connectivity index (χ2v) is 16.3. The van der Waals surface area contributed by atoms with Gasteiger partial charge in [0.15, 0.2) is 17.5 Å². The summed E-state index contributed by atoms with van der Waals surface area (Å²) in [5, 5.41) is 11.7. The molecular formula is C57H36N4O. The first-order chi connectivity index (χ1) is 30.7. The Morgan fingerprint density at radius 2 is 1.19 bits per heavy atom. The molecule has 0 spiro atoms. The van der Waals surface area contributed by atoms with Gasteiger partial charge in [-0.3, -0.25) is 0 Å². The van der Waals surface area contributed by atoms with Crippen LogP contribution in [0.4, 0.5) is 0 Å². The first-order valence-corrected chi connectivity index (χ1v) is 21.2. The molecule has 3 heterocycles. The molecule has 0 N–H and O–H groups in total. The lowest BCUT2D eigenvalue weighted by Gasteiger charge is -2.18. The van der Waals surface area contributed by atoms with Crippen LogP contribution in [0.5, 0.6) is 0 Å². The molecule has 0 saturated carbocycles. The highest BCUT2D eigenvalue weighted by atomic mass is 16.3. The van der Waals surface area contributed by atoms with Crippen molar-refractivity contribution in [1.29, 1.82) is 0 Å². The second-order valence-electron chi connectivity index (χ2n) is 16.3. The lowest BCUT2D eigenvalue weighted by molar-refractivity contribution is 0.669. The Bertz CT molecular complexity index is 3850. The summed E-state index contributed by atoms with van der Waals surface area (Å²) in [7, 11) is 0. The van der Waals surface area contributed by atoms with Gasteiger partial charge in [-0.25, -0.2) is 15.0 Å². The molecule has 1 atom stereocenters. The summed E-state index contributed by atoms with van der Waals surface area (Å²) in [6.07, 6.45) is 9.66. The fraction of sp³-hybridized carbons (Fsp3) is 0.0351. The molecule has 12 aromatic rings. The molecule has 9 aromatic carbocycles. The monoisotopic (exact) mass is 792 g/mol. The molecule has 1 unspecified atom stereocenters. The van der Waals surface area contributed by atoms with Crippen LogP contribution in [0.15, 0.2) is 205 Å². The molecule has 0 bridgehead atoms. The predicted octanol–water partition coefficient (Wildman–Crippen LogP) is 14.9. The topological polar surface area (TPSA) is 56.7 Å². The normalized spacial score (nSPS) is 14.1. The average Bonchev–Trinajstić information content (AvgIpc) is 3.88. The Kier molecular flexibility index (Phi) is 7.66. The van der Waals surface area contributed by atoms with E-state index in [1.807, 2.05) is 18.2 Å². The number of rotatable bonds is 5. The molecule has 5 heteroatoms. The van der Waals surface area contributed by atoms with Crippen LogP contribution in [0.1, 0.15) is 17.9 Å². The van der Waals surface area contributed by atoms with E-state index in [2.05, 4.69) is 187 Å². The van der Waals surface area contributed by atoms with Crippen molar-refractivity contribution in [2.75, 3.05) is 0 Å². The summed E-state index contributed by atoms with van der Waals surface area (Å²) in [6, 6.07) is 62.6.